The maximum Gasteiger partial charge on any atom is 0.180 e. The average molecular weight is 195 g/mol. The van der Waals surface area contributed by atoms with E-state index in [9.17, 15) is 4.79 Å². The molecule has 3 heteroatoms. The standard InChI is InChI=1S/C10H13NOS/c1-7-2-5-13-8(7)9(12)10(6-11)3-4-10/h2,5H,3-4,6,11H2,1H3. The van der Waals surface area contributed by atoms with Crippen molar-refractivity contribution in [3.8, 4) is 0 Å². The highest BCUT2D eigenvalue weighted by atomic mass is 32.1. The molecule has 1 aliphatic rings. The summed E-state index contributed by atoms with van der Waals surface area (Å²) in [7, 11) is 0. The van der Waals surface area contributed by atoms with Gasteiger partial charge in [-0.05, 0) is 36.8 Å². The van der Waals surface area contributed by atoms with Gasteiger partial charge in [0.15, 0.2) is 5.78 Å². The molecule has 0 atom stereocenters. The molecule has 0 aromatic carbocycles. The van der Waals surface area contributed by atoms with E-state index in [0.717, 1.165) is 23.3 Å². The zero-order valence-electron chi connectivity index (χ0n) is 7.67. The smallest absolute Gasteiger partial charge is 0.180 e. The summed E-state index contributed by atoms with van der Waals surface area (Å²) in [5.74, 6) is 0.266. The Hall–Kier alpha value is -0.670. The molecular weight excluding hydrogens is 182 g/mol. The van der Waals surface area contributed by atoms with Crippen molar-refractivity contribution in [1.82, 2.24) is 0 Å². The van der Waals surface area contributed by atoms with E-state index in [-0.39, 0.29) is 11.2 Å². The van der Waals surface area contributed by atoms with Gasteiger partial charge in [0.25, 0.3) is 0 Å². The van der Waals surface area contributed by atoms with Crippen LogP contribution in [0.1, 0.15) is 28.1 Å². The lowest BCUT2D eigenvalue weighted by molar-refractivity contribution is 0.0909. The van der Waals surface area contributed by atoms with Crippen LogP contribution in [0.15, 0.2) is 11.4 Å². The van der Waals surface area contributed by atoms with Gasteiger partial charge < -0.3 is 5.73 Å². The fraction of sp³-hybridized carbons (Fsp3) is 0.500. The molecule has 1 heterocycles. The van der Waals surface area contributed by atoms with Crippen LogP contribution in [0.3, 0.4) is 0 Å². The Kier molecular flexibility index (Phi) is 2.00. The van der Waals surface area contributed by atoms with E-state index in [4.69, 9.17) is 5.73 Å². The molecule has 0 radical (unpaired) electrons. The third-order valence-corrected chi connectivity index (χ3v) is 3.81. The molecule has 1 aliphatic carbocycles. The first kappa shape index (κ1) is 8.91. The van der Waals surface area contributed by atoms with Gasteiger partial charge in [-0.25, -0.2) is 0 Å². The number of hydrogen-bond acceptors (Lipinski definition) is 3. The number of thiophene rings is 1. The molecule has 0 saturated heterocycles. The molecule has 1 fully saturated rings. The first-order chi connectivity index (χ1) is 6.19. The van der Waals surface area contributed by atoms with Crippen molar-refractivity contribution >= 4 is 17.1 Å². The van der Waals surface area contributed by atoms with Crippen LogP contribution in [0.5, 0.6) is 0 Å². The molecule has 0 aliphatic heterocycles. The molecule has 0 bridgehead atoms. The number of aryl methyl sites for hydroxylation is 1. The van der Waals surface area contributed by atoms with Gasteiger partial charge in [-0.1, -0.05) is 0 Å². The third-order valence-electron chi connectivity index (χ3n) is 2.79. The Balaban J connectivity index is 2.28. The number of carbonyl (C=O) groups excluding carboxylic acids is 1. The molecule has 1 aromatic heterocycles. The predicted molar refractivity (Wildman–Crippen MR) is 54.1 cm³/mol. The molecule has 1 saturated carbocycles. The van der Waals surface area contributed by atoms with E-state index in [0.29, 0.717) is 6.54 Å². The number of rotatable bonds is 3. The van der Waals surface area contributed by atoms with E-state index in [2.05, 4.69) is 0 Å². The lowest BCUT2D eigenvalue weighted by Crippen LogP contribution is -2.25. The summed E-state index contributed by atoms with van der Waals surface area (Å²) in [5, 5.41) is 1.97. The molecule has 70 valence electrons. The van der Waals surface area contributed by atoms with Crippen LogP contribution < -0.4 is 5.73 Å². The van der Waals surface area contributed by atoms with E-state index >= 15 is 0 Å². The quantitative estimate of drug-likeness (QED) is 0.749. The summed E-state index contributed by atoms with van der Waals surface area (Å²) in [6, 6.07) is 1.99. The lowest BCUT2D eigenvalue weighted by Gasteiger charge is -2.09. The van der Waals surface area contributed by atoms with Crippen molar-refractivity contribution in [2.45, 2.75) is 19.8 Å². The van der Waals surface area contributed by atoms with Crippen LogP contribution in [0.4, 0.5) is 0 Å². The molecule has 13 heavy (non-hydrogen) atoms. The van der Waals surface area contributed by atoms with Gasteiger partial charge in [-0.2, -0.15) is 0 Å². The maximum absolute atomic E-state index is 12.0. The SMILES string of the molecule is Cc1ccsc1C(=O)C1(CN)CC1. The average Bonchev–Trinajstić information content (AvgIpc) is 2.83. The summed E-state index contributed by atoms with van der Waals surface area (Å²) in [5.41, 5.74) is 6.52. The summed E-state index contributed by atoms with van der Waals surface area (Å²) < 4.78 is 0. The number of ketones is 1. The second-order valence-electron chi connectivity index (χ2n) is 3.75. The molecule has 0 spiro atoms. The van der Waals surface area contributed by atoms with Crippen LogP contribution >= 0.6 is 11.3 Å². The largest absolute Gasteiger partial charge is 0.329 e. The Bertz CT molecular complexity index is 338. The van der Waals surface area contributed by atoms with Gasteiger partial charge in [-0.15, -0.1) is 11.3 Å². The minimum atomic E-state index is -0.185. The van der Waals surface area contributed by atoms with E-state index in [1.807, 2.05) is 18.4 Å². The van der Waals surface area contributed by atoms with Crippen molar-refractivity contribution in [1.29, 1.82) is 0 Å². The number of nitrogens with two attached hydrogens (primary N) is 1. The predicted octanol–water partition coefficient (Wildman–Crippen LogP) is 1.98. The molecule has 2 rings (SSSR count). The fourth-order valence-corrected chi connectivity index (χ4v) is 2.51. The maximum atomic E-state index is 12.0. The topological polar surface area (TPSA) is 43.1 Å². The third kappa shape index (κ3) is 1.32. The molecule has 0 unspecified atom stereocenters. The molecule has 1 aromatic rings. The van der Waals surface area contributed by atoms with Crippen molar-refractivity contribution in [3.05, 3.63) is 21.9 Å². The highest BCUT2D eigenvalue weighted by Crippen LogP contribution is 2.48. The van der Waals surface area contributed by atoms with Crippen molar-refractivity contribution in [3.63, 3.8) is 0 Å². The Morgan fingerprint density at radius 2 is 2.38 bits per heavy atom. The minimum Gasteiger partial charge on any atom is -0.329 e. The molecule has 2 nitrogen and oxygen atoms in total. The minimum absolute atomic E-state index is 0.185. The van der Waals surface area contributed by atoms with Crippen molar-refractivity contribution < 1.29 is 4.79 Å². The Labute approximate surface area is 81.8 Å². The zero-order chi connectivity index (χ0) is 9.47. The Morgan fingerprint density at radius 3 is 2.77 bits per heavy atom. The summed E-state index contributed by atoms with van der Waals surface area (Å²) in [6.45, 7) is 2.49. The second kappa shape index (κ2) is 2.93. The molecule has 0 amide bonds. The summed E-state index contributed by atoms with van der Waals surface area (Å²) in [4.78, 5) is 12.9. The van der Waals surface area contributed by atoms with Crippen LogP contribution in [0.2, 0.25) is 0 Å². The molecule has 2 N–H and O–H groups in total. The number of carbonyl (C=O) groups is 1. The van der Waals surface area contributed by atoms with Crippen LogP contribution in [0.25, 0.3) is 0 Å². The van der Waals surface area contributed by atoms with Gasteiger partial charge in [-0.3, -0.25) is 4.79 Å². The van der Waals surface area contributed by atoms with Gasteiger partial charge >= 0.3 is 0 Å². The Morgan fingerprint density at radius 1 is 1.69 bits per heavy atom. The normalized spacial score (nSPS) is 18.6. The van der Waals surface area contributed by atoms with Gasteiger partial charge in [0.05, 0.1) is 4.88 Å². The number of Topliss-reactive ketones (excluding diaryl/α,β-unsaturated/α-hetero) is 1. The summed E-state index contributed by atoms with van der Waals surface area (Å²) in [6.07, 6.45) is 1.94. The van der Waals surface area contributed by atoms with E-state index < -0.39 is 0 Å². The summed E-state index contributed by atoms with van der Waals surface area (Å²) >= 11 is 1.53. The first-order valence-corrected chi connectivity index (χ1v) is 5.36. The van der Waals surface area contributed by atoms with Crippen molar-refractivity contribution in [2.24, 2.45) is 11.1 Å². The lowest BCUT2D eigenvalue weighted by atomic mass is 9.98. The van der Waals surface area contributed by atoms with Crippen LogP contribution in [-0.4, -0.2) is 12.3 Å². The fourth-order valence-electron chi connectivity index (χ4n) is 1.52. The monoisotopic (exact) mass is 195 g/mol. The van der Waals surface area contributed by atoms with E-state index in [1.54, 1.807) is 0 Å². The van der Waals surface area contributed by atoms with Crippen LogP contribution in [-0.2, 0) is 0 Å². The van der Waals surface area contributed by atoms with Gasteiger partial charge in [0.2, 0.25) is 0 Å². The number of hydrogen-bond donors (Lipinski definition) is 1. The molecular formula is C10H13NOS. The van der Waals surface area contributed by atoms with Gasteiger partial charge in [0, 0.05) is 12.0 Å². The van der Waals surface area contributed by atoms with Gasteiger partial charge in [0.1, 0.15) is 0 Å². The van der Waals surface area contributed by atoms with Crippen molar-refractivity contribution in [2.75, 3.05) is 6.54 Å². The van der Waals surface area contributed by atoms with Crippen LogP contribution in [0, 0.1) is 12.3 Å². The van der Waals surface area contributed by atoms with E-state index in [1.165, 1.54) is 11.3 Å². The second-order valence-corrected chi connectivity index (χ2v) is 4.66. The zero-order valence-corrected chi connectivity index (χ0v) is 8.49. The first-order valence-electron chi connectivity index (χ1n) is 4.48. The highest BCUT2D eigenvalue weighted by Gasteiger charge is 2.49. The highest BCUT2D eigenvalue weighted by molar-refractivity contribution is 7.12.